The number of hydrogen-bond acceptors (Lipinski definition) is 5. The molecule has 0 spiro atoms. The van der Waals surface area contributed by atoms with E-state index in [4.69, 9.17) is 16.3 Å². The largest absolute Gasteiger partial charge is 0.495 e. The van der Waals surface area contributed by atoms with Gasteiger partial charge in [-0.2, -0.15) is 0 Å². The number of para-hydroxylation sites is 1. The Hall–Kier alpha value is -3.12. The quantitative estimate of drug-likeness (QED) is 0.630. The maximum absolute atomic E-state index is 12.7. The van der Waals surface area contributed by atoms with E-state index in [0.29, 0.717) is 28.1 Å². The summed E-state index contributed by atoms with van der Waals surface area (Å²) in [5, 5.41) is 6.43. The maximum atomic E-state index is 12.7. The molecule has 0 unspecified atom stereocenters. The van der Waals surface area contributed by atoms with Crippen LogP contribution in [0.1, 0.15) is 27.3 Å². The van der Waals surface area contributed by atoms with Gasteiger partial charge < -0.3 is 15.4 Å². The number of amides is 1. The number of hydrogen-bond donors (Lipinski definition) is 2. The Morgan fingerprint density at radius 1 is 1.04 bits per heavy atom. The third kappa shape index (κ3) is 4.40. The van der Waals surface area contributed by atoms with Crippen LogP contribution in [0, 0.1) is 20.8 Å². The van der Waals surface area contributed by atoms with Crippen LogP contribution in [0.5, 0.6) is 5.75 Å². The molecular weight excluding hydrogens is 376 g/mol. The summed E-state index contributed by atoms with van der Waals surface area (Å²) in [6.45, 7) is 5.83. The van der Waals surface area contributed by atoms with Crippen LogP contribution in [0.2, 0.25) is 5.02 Å². The lowest BCUT2D eigenvalue weighted by molar-refractivity contribution is 0.102. The molecule has 6 nitrogen and oxygen atoms in total. The van der Waals surface area contributed by atoms with Gasteiger partial charge in [-0.15, -0.1) is 0 Å². The van der Waals surface area contributed by atoms with Crippen LogP contribution in [0.4, 0.5) is 17.3 Å². The summed E-state index contributed by atoms with van der Waals surface area (Å²) in [5.41, 5.74) is 4.57. The zero-order valence-electron chi connectivity index (χ0n) is 16.1. The molecule has 28 heavy (non-hydrogen) atoms. The number of anilines is 3. The first-order chi connectivity index (χ1) is 13.4. The van der Waals surface area contributed by atoms with E-state index in [1.54, 1.807) is 24.3 Å². The van der Waals surface area contributed by atoms with E-state index in [2.05, 4.69) is 20.6 Å². The van der Waals surface area contributed by atoms with Gasteiger partial charge in [0.05, 0.1) is 12.1 Å². The number of nitrogens with zero attached hydrogens (tertiary/aromatic N) is 2. The SMILES string of the molecule is COc1ccc(NC(=O)c2cc(C)nc(Nc3c(C)cccc3C)n2)cc1Cl. The molecule has 0 radical (unpaired) electrons. The lowest BCUT2D eigenvalue weighted by Crippen LogP contribution is -2.15. The summed E-state index contributed by atoms with van der Waals surface area (Å²) < 4.78 is 5.12. The molecule has 0 saturated heterocycles. The van der Waals surface area contributed by atoms with Crippen molar-refractivity contribution in [3.63, 3.8) is 0 Å². The molecule has 0 aliphatic rings. The molecule has 0 aliphatic carbocycles. The molecule has 3 aromatic rings. The molecular formula is C21H21ClN4O2. The summed E-state index contributed by atoms with van der Waals surface area (Å²) in [7, 11) is 1.54. The average molecular weight is 397 g/mol. The Kier molecular flexibility index (Phi) is 5.80. The number of benzene rings is 2. The van der Waals surface area contributed by atoms with Crippen molar-refractivity contribution in [1.29, 1.82) is 0 Å². The molecule has 0 saturated carbocycles. The number of aryl methyl sites for hydroxylation is 3. The first-order valence-corrected chi connectivity index (χ1v) is 9.09. The number of ether oxygens (including phenoxy) is 1. The summed E-state index contributed by atoms with van der Waals surface area (Å²) in [4.78, 5) is 21.4. The second kappa shape index (κ2) is 8.27. The number of nitrogens with one attached hydrogen (secondary N) is 2. The summed E-state index contributed by atoms with van der Waals surface area (Å²) in [6, 6.07) is 12.7. The number of carbonyl (C=O) groups is 1. The summed E-state index contributed by atoms with van der Waals surface area (Å²) >= 11 is 6.12. The van der Waals surface area contributed by atoms with E-state index >= 15 is 0 Å². The average Bonchev–Trinajstić information content (AvgIpc) is 2.64. The van der Waals surface area contributed by atoms with Crippen molar-refractivity contribution in [3.8, 4) is 5.75 Å². The van der Waals surface area contributed by atoms with Crippen molar-refractivity contribution in [2.45, 2.75) is 20.8 Å². The van der Waals surface area contributed by atoms with Crippen LogP contribution in [-0.2, 0) is 0 Å². The summed E-state index contributed by atoms with van der Waals surface area (Å²) in [6.07, 6.45) is 0. The molecule has 2 N–H and O–H groups in total. The predicted molar refractivity (Wildman–Crippen MR) is 112 cm³/mol. The topological polar surface area (TPSA) is 76.1 Å². The molecule has 1 heterocycles. The van der Waals surface area contributed by atoms with E-state index in [-0.39, 0.29) is 11.6 Å². The highest BCUT2D eigenvalue weighted by Gasteiger charge is 2.13. The van der Waals surface area contributed by atoms with Crippen molar-refractivity contribution >= 4 is 34.8 Å². The zero-order chi connectivity index (χ0) is 20.3. The standard InChI is InChI=1S/C21H21ClN4O2/c1-12-6-5-7-13(2)19(12)26-21-23-14(3)10-17(25-21)20(27)24-15-8-9-18(28-4)16(22)11-15/h5-11H,1-4H3,(H,24,27)(H,23,25,26). The molecule has 0 atom stereocenters. The highest BCUT2D eigenvalue weighted by Crippen LogP contribution is 2.27. The Balaban J connectivity index is 1.84. The van der Waals surface area contributed by atoms with Gasteiger partial charge in [0.15, 0.2) is 0 Å². The van der Waals surface area contributed by atoms with Crippen LogP contribution in [-0.4, -0.2) is 23.0 Å². The molecule has 3 rings (SSSR count). The highest BCUT2D eigenvalue weighted by atomic mass is 35.5. The molecule has 0 aliphatic heterocycles. The molecule has 2 aromatic carbocycles. The van der Waals surface area contributed by atoms with Gasteiger partial charge in [0.25, 0.3) is 5.91 Å². The van der Waals surface area contributed by atoms with E-state index < -0.39 is 0 Å². The Labute approximate surface area is 168 Å². The molecule has 1 aromatic heterocycles. The second-order valence-corrected chi connectivity index (χ2v) is 6.82. The third-order valence-corrected chi connectivity index (χ3v) is 4.51. The minimum atomic E-state index is -0.351. The smallest absolute Gasteiger partial charge is 0.274 e. The minimum absolute atomic E-state index is 0.258. The normalized spacial score (nSPS) is 10.5. The lowest BCUT2D eigenvalue weighted by atomic mass is 10.1. The molecule has 1 amide bonds. The van der Waals surface area contributed by atoms with Crippen LogP contribution < -0.4 is 15.4 Å². The number of carbonyl (C=O) groups excluding carboxylic acids is 1. The van der Waals surface area contributed by atoms with Crippen LogP contribution in [0.25, 0.3) is 0 Å². The molecule has 144 valence electrons. The summed E-state index contributed by atoms with van der Waals surface area (Å²) in [5.74, 6) is 0.559. The fourth-order valence-corrected chi connectivity index (χ4v) is 3.06. The van der Waals surface area contributed by atoms with E-state index in [9.17, 15) is 4.79 Å². The number of halogens is 1. The van der Waals surface area contributed by atoms with Crippen LogP contribution in [0.3, 0.4) is 0 Å². The number of rotatable bonds is 5. The fraction of sp³-hybridized carbons (Fsp3) is 0.190. The van der Waals surface area contributed by atoms with Crippen molar-refractivity contribution in [1.82, 2.24) is 9.97 Å². The van der Waals surface area contributed by atoms with Gasteiger partial charge in [0.1, 0.15) is 11.4 Å². The first kappa shape index (κ1) is 19.6. The minimum Gasteiger partial charge on any atom is -0.495 e. The van der Waals surface area contributed by atoms with E-state index in [1.807, 2.05) is 39.0 Å². The monoisotopic (exact) mass is 396 g/mol. The number of methoxy groups -OCH3 is 1. The Morgan fingerprint density at radius 2 is 1.75 bits per heavy atom. The van der Waals surface area contributed by atoms with Crippen molar-refractivity contribution < 1.29 is 9.53 Å². The Bertz CT molecular complexity index is 1020. The van der Waals surface area contributed by atoms with E-state index in [1.165, 1.54) is 7.11 Å². The van der Waals surface area contributed by atoms with Gasteiger partial charge in [-0.25, -0.2) is 9.97 Å². The zero-order valence-corrected chi connectivity index (χ0v) is 16.9. The van der Waals surface area contributed by atoms with Crippen molar-refractivity contribution in [3.05, 3.63) is 70.0 Å². The fourth-order valence-electron chi connectivity index (χ4n) is 2.80. The second-order valence-electron chi connectivity index (χ2n) is 6.41. The van der Waals surface area contributed by atoms with Crippen LogP contribution in [0.15, 0.2) is 42.5 Å². The van der Waals surface area contributed by atoms with Crippen LogP contribution >= 0.6 is 11.6 Å². The third-order valence-electron chi connectivity index (χ3n) is 4.21. The van der Waals surface area contributed by atoms with Gasteiger partial charge in [-0.3, -0.25) is 4.79 Å². The first-order valence-electron chi connectivity index (χ1n) is 8.71. The highest BCUT2D eigenvalue weighted by molar-refractivity contribution is 6.32. The maximum Gasteiger partial charge on any atom is 0.274 e. The van der Waals surface area contributed by atoms with Gasteiger partial charge in [0.2, 0.25) is 5.95 Å². The van der Waals surface area contributed by atoms with Crippen molar-refractivity contribution in [2.24, 2.45) is 0 Å². The molecule has 0 bridgehead atoms. The van der Waals surface area contributed by atoms with Crippen molar-refractivity contribution in [2.75, 3.05) is 17.7 Å². The lowest BCUT2D eigenvalue weighted by Gasteiger charge is -2.13. The van der Waals surface area contributed by atoms with Gasteiger partial charge in [0, 0.05) is 17.1 Å². The van der Waals surface area contributed by atoms with Gasteiger partial charge in [-0.05, 0) is 56.2 Å². The Morgan fingerprint density at radius 3 is 2.39 bits per heavy atom. The van der Waals surface area contributed by atoms with Gasteiger partial charge >= 0.3 is 0 Å². The molecule has 0 fully saturated rings. The van der Waals surface area contributed by atoms with Gasteiger partial charge in [-0.1, -0.05) is 29.8 Å². The molecule has 7 heteroatoms. The van der Waals surface area contributed by atoms with E-state index in [0.717, 1.165) is 16.8 Å². The number of aromatic nitrogens is 2. The predicted octanol–water partition coefficient (Wildman–Crippen LogP) is 5.06.